The van der Waals surface area contributed by atoms with Crippen molar-refractivity contribution in [1.82, 2.24) is 4.98 Å². The van der Waals surface area contributed by atoms with E-state index in [-0.39, 0.29) is 5.91 Å². The van der Waals surface area contributed by atoms with Gasteiger partial charge in [0.05, 0.1) is 10.6 Å². The standard InChI is InChI=1S/C15H11BrN2OS2/c1-9-13(10-4-6-11(16)7-5-10)17-15(21-9)18-14(19)12-3-2-8-20-12/h2-8H,1H3,(H,17,18,19). The minimum atomic E-state index is -0.110. The largest absolute Gasteiger partial charge is 0.297 e. The summed E-state index contributed by atoms with van der Waals surface area (Å²) in [6.45, 7) is 2.01. The average molecular weight is 379 g/mol. The van der Waals surface area contributed by atoms with Gasteiger partial charge in [-0.2, -0.15) is 0 Å². The number of amides is 1. The van der Waals surface area contributed by atoms with Crippen LogP contribution in [0.1, 0.15) is 14.5 Å². The van der Waals surface area contributed by atoms with Crippen molar-refractivity contribution in [2.24, 2.45) is 0 Å². The molecule has 0 bridgehead atoms. The zero-order valence-electron chi connectivity index (χ0n) is 11.1. The van der Waals surface area contributed by atoms with Crippen molar-refractivity contribution in [2.45, 2.75) is 6.92 Å². The number of anilines is 1. The summed E-state index contributed by atoms with van der Waals surface area (Å²) in [6, 6.07) is 11.7. The predicted octanol–water partition coefficient (Wildman–Crippen LogP) is 5.19. The van der Waals surface area contributed by atoms with E-state index < -0.39 is 0 Å². The Hall–Kier alpha value is -1.50. The molecule has 0 saturated carbocycles. The molecule has 0 saturated heterocycles. The maximum Gasteiger partial charge on any atom is 0.267 e. The number of hydrogen-bond donors (Lipinski definition) is 1. The van der Waals surface area contributed by atoms with E-state index >= 15 is 0 Å². The molecule has 0 aliphatic carbocycles. The number of thiazole rings is 1. The zero-order valence-corrected chi connectivity index (χ0v) is 14.3. The summed E-state index contributed by atoms with van der Waals surface area (Å²) in [5.74, 6) is -0.110. The van der Waals surface area contributed by atoms with Gasteiger partial charge in [0.2, 0.25) is 0 Å². The summed E-state index contributed by atoms with van der Waals surface area (Å²) in [4.78, 5) is 18.3. The molecule has 3 aromatic rings. The van der Waals surface area contributed by atoms with Crippen LogP contribution in [0, 0.1) is 6.92 Å². The number of nitrogens with zero attached hydrogens (tertiary/aromatic N) is 1. The maximum atomic E-state index is 12.0. The molecule has 0 unspecified atom stereocenters. The minimum Gasteiger partial charge on any atom is -0.297 e. The lowest BCUT2D eigenvalue weighted by Crippen LogP contribution is -2.09. The van der Waals surface area contributed by atoms with Crippen LogP contribution in [0.4, 0.5) is 5.13 Å². The Balaban J connectivity index is 1.84. The van der Waals surface area contributed by atoms with E-state index in [0.29, 0.717) is 10.0 Å². The monoisotopic (exact) mass is 378 g/mol. The predicted molar refractivity (Wildman–Crippen MR) is 92.3 cm³/mol. The van der Waals surface area contributed by atoms with Gasteiger partial charge in [-0.15, -0.1) is 22.7 Å². The second kappa shape index (κ2) is 6.09. The fourth-order valence-corrected chi connectivity index (χ4v) is 3.61. The molecular weight excluding hydrogens is 368 g/mol. The second-order valence-corrected chi connectivity index (χ2v) is 7.43. The molecule has 0 atom stereocenters. The smallest absolute Gasteiger partial charge is 0.267 e. The van der Waals surface area contributed by atoms with E-state index in [0.717, 1.165) is 20.6 Å². The van der Waals surface area contributed by atoms with Gasteiger partial charge in [0.15, 0.2) is 5.13 Å². The number of halogens is 1. The number of carbonyl (C=O) groups is 1. The Bertz CT molecular complexity index is 764. The molecule has 0 aliphatic heterocycles. The van der Waals surface area contributed by atoms with Crippen LogP contribution in [0.15, 0.2) is 46.3 Å². The molecule has 2 heterocycles. The first-order chi connectivity index (χ1) is 10.1. The van der Waals surface area contributed by atoms with Crippen LogP contribution in [0.5, 0.6) is 0 Å². The van der Waals surface area contributed by atoms with Crippen LogP contribution in [0.25, 0.3) is 11.3 Å². The van der Waals surface area contributed by atoms with E-state index in [1.807, 2.05) is 42.6 Å². The van der Waals surface area contributed by atoms with Crippen molar-refractivity contribution >= 4 is 49.6 Å². The first kappa shape index (κ1) is 14.4. The van der Waals surface area contributed by atoms with Crippen molar-refractivity contribution in [3.63, 3.8) is 0 Å². The topological polar surface area (TPSA) is 42.0 Å². The number of nitrogens with one attached hydrogen (secondary N) is 1. The van der Waals surface area contributed by atoms with Gasteiger partial charge in [0.25, 0.3) is 5.91 Å². The number of rotatable bonds is 3. The van der Waals surface area contributed by atoms with Gasteiger partial charge in [0, 0.05) is 14.9 Å². The fourth-order valence-electron chi connectivity index (χ4n) is 1.89. The Morgan fingerprint density at radius 1 is 1.24 bits per heavy atom. The first-order valence-corrected chi connectivity index (χ1v) is 8.70. The van der Waals surface area contributed by atoms with Crippen molar-refractivity contribution in [1.29, 1.82) is 0 Å². The summed E-state index contributed by atoms with van der Waals surface area (Å²) in [5.41, 5.74) is 1.96. The molecule has 3 rings (SSSR count). The van der Waals surface area contributed by atoms with Crippen LogP contribution in [-0.2, 0) is 0 Å². The minimum absolute atomic E-state index is 0.110. The molecule has 1 aromatic carbocycles. The van der Waals surface area contributed by atoms with E-state index in [9.17, 15) is 4.79 Å². The van der Waals surface area contributed by atoms with Crippen LogP contribution < -0.4 is 5.32 Å². The summed E-state index contributed by atoms with van der Waals surface area (Å²) in [7, 11) is 0. The third kappa shape index (κ3) is 3.23. The quantitative estimate of drug-likeness (QED) is 0.680. The van der Waals surface area contributed by atoms with E-state index in [4.69, 9.17) is 0 Å². The van der Waals surface area contributed by atoms with Gasteiger partial charge in [0.1, 0.15) is 0 Å². The molecule has 6 heteroatoms. The number of thiophene rings is 1. The van der Waals surface area contributed by atoms with Gasteiger partial charge in [-0.25, -0.2) is 4.98 Å². The van der Waals surface area contributed by atoms with E-state index in [1.165, 1.54) is 22.7 Å². The number of aryl methyl sites for hydroxylation is 1. The molecule has 0 radical (unpaired) electrons. The van der Waals surface area contributed by atoms with Crippen molar-refractivity contribution in [2.75, 3.05) is 5.32 Å². The molecular formula is C15H11BrN2OS2. The van der Waals surface area contributed by atoms with E-state index in [2.05, 4.69) is 26.2 Å². The first-order valence-electron chi connectivity index (χ1n) is 6.22. The van der Waals surface area contributed by atoms with Crippen LogP contribution in [-0.4, -0.2) is 10.9 Å². The Kier molecular flexibility index (Phi) is 4.19. The zero-order chi connectivity index (χ0) is 14.8. The average Bonchev–Trinajstić information content (AvgIpc) is 3.10. The Morgan fingerprint density at radius 3 is 2.67 bits per heavy atom. The molecule has 0 spiro atoms. The third-order valence-electron chi connectivity index (χ3n) is 2.88. The van der Waals surface area contributed by atoms with Gasteiger partial charge in [-0.05, 0) is 30.5 Å². The summed E-state index contributed by atoms with van der Waals surface area (Å²) < 4.78 is 1.03. The molecule has 0 fully saturated rings. The van der Waals surface area contributed by atoms with Crippen molar-refractivity contribution in [3.8, 4) is 11.3 Å². The van der Waals surface area contributed by atoms with Gasteiger partial charge >= 0.3 is 0 Å². The molecule has 2 aromatic heterocycles. The summed E-state index contributed by atoms with van der Waals surface area (Å²) >= 11 is 6.33. The normalized spacial score (nSPS) is 10.6. The third-order valence-corrected chi connectivity index (χ3v) is 5.16. The van der Waals surface area contributed by atoms with Crippen LogP contribution in [0.3, 0.4) is 0 Å². The van der Waals surface area contributed by atoms with E-state index in [1.54, 1.807) is 6.07 Å². The number of benzene rings is 1. The van der Waals surface area contributed by atoms with Gasteiger partial charge in [-0.3, -0.25) is 10.1 Å². The molecule has 21 heavy (non-hydrogen) atoms. The number of hydrogen-bond acceptors (Lipinski definition) is 4. The lowest BCUT2D eigenvalue weighted by atomic mass is 10.1. The highest BCUT2D eigenvalue weighted by Gasteiger charge is 2.13. The van der Waals surface area contributed by atoms with Gasteiger partial charge < -0.3 is 0 Å². The number of carbonyl (C=O) groups excluding carboxylic acids is 1. The lowest BCUT2D eigenvalue weighted by Gasteiger charge is -1.99. The van der Waals surface area contributed by atoms with Crippen LogP contribution in [0.2, 0.25) is 0 Å². The highest BCUT2D eigenvalue weighted by Crippen LogP contribution is 2.31. The molecule has 106 valence electrons. The summed E-state index contributed by atoms with van der Waals surface area (Å²) in [6.07, 6.45) is 0. The fraction of sp³-hybridized carbons (Fsp3) is 0.0667. The van der Waals surface area contributed by atoms with Crippen LogP contribution >= 0.6 is 38.6 Å². The maximum absolute atomic E-state index is 12.0. The van der Waals surface area contributed by atoms with Crippen molar-refractivity contribution in [3.05, 3.63) is 56.0 Å². The molecule has 0 aliphatic rings. The van der Waals surface area contributed by atoms with Crippen molar-refractivity contribution < 1.29 is 4.79 Å². The Morgan fingerprint density at radius 2 is 2.00 bits per heavy atom. The Labute approximate surface area is 138 Å². The number of aromatic nitrogens is 1. The SMILES string of the molecule is Cc1sc(NC(=O)c2cccs2)nc1-c1ccc(Br)cc1. The lowest BCUT2D eigenvalue weighted by molar-refractivity contribution is 0.103. The summed E-state index contributed by atoms with van der Waals surface area (Å²) in [5, 5.41) is 5.37. The highest BCUT2D eigenvalue weighted by molar-refractivity contribution is 9.10. The second-order valence-electron chi connectivity index (χ2n) is 4.36. The van der Waals surface area contributed by atoms with Gasteiger partial charge in [-0.1, -0.05) is 34.1 Å². The molecule has 3 nitrogen and oxygen atoms in total. The molecule has 1 amide bonds. The highest BCUT2D eigenvalue weighted by atomic mass is 79.9. The molecule has 1 N–H and O–H groups in total.